The van der Waals surface area contributed by atoms with Gasteiger partial charge in [-0.2, -0.15) is 26.3 Å². The molecule has 0 rings (SSSR count). The maximum atomic E-state index is 12.6. The molecule has 2 unspecified atom stereocenters. The minimum Gasteiger partial charge on any atom is -0.359 e. The lowest BCUT2D eigenvalue weighted by Crippen LogP contribution is -2.62. The number of hydrogen-bond donors (Lipinski definition) is 1. The summed E-state index contributed by atoms with van der Waals surface area (Å²) in [5.41, 5.74) is 0. The van der Waals surface area contributed by atoms with Crippen LogP contribution in [0.5, 0.6) is 0 Å². The van der Waals surface area contributed by atoms with Gasteiger partial charge in [0.25, 0.3) is 0 Å². The van der Waals surface area contributed by atoms with Crippen LogP contribution in [0.1, 0.15) is 39.5 Å². The zero-order valence-corrected chi connectivity index (χ0v) is 16.4. The van der Waals surface area contributed by atoms with E-state index in [1.54, 1.807) is 0 Å². The van der Waals surface area contributed by atoms with E-state index < -0.39 is 41.7 Å². The van der Waals surface area contributed by atoms with E-state index in [9.17, 15) is 26.3 Å². The molecule has 0 fully saturated rings. The largest absolute Gasteiger partial charge is 0.388 e. The van der Waals surface area contributed by atoms with Crippen LogP contribution >= 0.6 is 0 Å². The Labute approximate surface area is 137 Å². The molecule has 0 saturated heterocycles. The smallest absolute Gasteiger partial charge is 0.359 e. The monoisotopic (exact) mass is 381 g/mol. The molecule has 1 N–H and O–H groups in total. The molecule has 0 aromatic heterocycles. The molecular formula is C14H29F6NSi2. The Kier molecular flexibility index (Phi) is 8.88. The lowest BCUT2D eigenvalue weighted by atomic mass is 10.5. The Morgan fingerprint density at radius 3 is 1.17 bits per heavy atom. The van der Waals surface area contributed by atoms with E-state index in [2.05, 4.69) is 4.65 Å². The van der Waals surface area contributed by atoms with Gasteiger partial charge in [-0.3, -0.25) is 0 Å². The predicted molar refractivity (Wildman–Crippen MR) is 87.5 cm³/mol. The summed E-state index contributed by atoms with van der Waals surface area (Å²) >= 11 is 0. The van der Waals surface area contributed by atoms with E-state index in [1.807, 2.05) is 26.9 Å². The number of alkyl halides is 6. The molecule has 0 aliphatic carbocycles. The molecule has 2 atom stereocenters. The highest BCUT2D eigenvalue weighted by molar-refractivity contribution is 6.92. The first-order valence-electron chi connectivity index (χ1n) is 8.17. The molecule has 0 spiro atoms. The van der Waals surface area contributed by atoms with E-state index in [-0.39, 0.29) is 12.1 Å². The third-order valence-electron chi connectivity index (χ3n) is 4.13. The first kappa shape index (κ1) is 23.0. The van der Waals surface area contributed by atoms with Crippen LogP contribution in [0.25, 0.3) is 0 Å². The van der Waals surface area contributed by atoms with Crippen LogP contribution in [0.3, 0.4) is 0 Å². The molecule has 0 aromatic rings. The van der Waals surface area contributed by atoms with Crippen LogP contribution < -0.4 is 4.65 Å². The summed E-state index contributed by atoms with van der Waals surface area (Å²) in [4.78, 5) is 0. The van der Waals surface area contributed by atoms with Gasteiger partial charge in [-0.15, -0.1) is 0 Å². The SMILES string of the molecule is CCC[Si](C)(CCC(F)(F)F)N[Si](C)(CCC)CCC(F)(F)F. The van der Waals surface area contributed by atoms with Gasteiger partial charge in [0, 0.05) is 12.8 Å². The average molecular weight is 382 g/mol. The molecule has 0 aromatic carbocycles. The van der Waals surface area contributed by atoms with Crippen molar-refractivity contribution in [2.45, 2.75) is 89.2 Å². The van der Waals surface area contributed by atoms with E-state index in [1.165, 1.54) is 0 Å². The summed E-state index contributed by atoms with van der Waals surface area (Å²) in [5, 5.41) is 0. The Morgan fingerprint density at radius 2 is 0.957 bits per heavy atom. The molecule has 0 saturated carbocycles. The van der Waals surface area contributed by atoms with Gasteiger partial charge in [0.2, 0.25) is 0 Å². The zero-order valence-electron chi connectivity index (χ0n) is 14.4. The third-order valence-corrected chi connectivity index (χ3v) is 14.9. The van der Waals surface area contributed by atoms with Gasteiger partial charge in [0.1, 0.15) is 16.5 Å². The highest BCUT2D eigenvalue weighted by Crippen LogP contribution is 2.32. The lowest BCUT2D eigenvalue weighted by Gasteiger charge is -2.40. The van der Waals surface area contributed by atoms with Gasteiger partial charge < -0.3 is 4.65 Å². The Balaban J connectivity index is 5.05. The van der Waals surface area contributed by atoms with E-state index in [0.29, 0.717) is 12.1 Å². The van der Waals surface area contributed by atoms with Crippen molar-refractivity contribution in [3.63, 3.8) is 0 Å². The fraction of sp³-hybridized carbons (Fsp3) is 1.00. The molecule has 0 radical (unpaired) electrons. The zero-order chi connectivity index (χ0) is 18.4. The van der Waals surface area contributed by atoms with Crippen molar-refractivity contribution in [2.24, 2.45) is 0 Å². The maximum absolute atomic E-state index is 12.6. The van der Waals surface area contributed by atoms with Gasteiger partial charge >= 0.3 is 12.4 Å². The number of hydrogen-bond acceptors (Lipinski definition) is 1. The van der Waals surface area contributed by atoms with E-state index >= 15 is 0 Å². The first-order chi connectivity index (χ1) is 10.2. The van der Waals surface area contributed by atoms with Crippen molar-refractivity contribution in [2.75, 3.05) is 0 Å². The fourth-order valence-corrected chi connectivity index (χ4v) is 15.4. The number of nitrogens with one attached hydrogen (secondary N) is 1. The molecule has 9 heteroatoms. The van der Waals surface area contributed by atoms with Gasteiger partial charge in [0.05, 0.1) is 0 Å². The highest BCUT2D eigenvalue weighted by atomic mass is 28.4. The molecular weight excluding hydrogens is 352 g/mol. The minimum absolute atomic E-state index is 0.0443. The molecule has 0 amide bonds. The van der Waals surface area contributed by atoms with Crippen LogP contribution in [-0.4, -0.2) is 28.8 Å². The second-order valence-electron chi connectivity index (χ2n) is 6.98. The van der Waals surface area contributed by atoms with Crippen LogP contribution in [0, 0.1) is 0 Å². The van der Waals surface area contributed by atoms with Gasteiger partial charge in [-0.25, -0.2) is 0 Å². The molecule has 1 nitrogen and oxygen atoms in total. The first-order valence-corrected chi connectivity index (χ1v) is 14.0. The van der Waals surface area contributed by atoms with Crippen LogP contribution in [0.4, 0.5) is 26.3 Å². The summed E-state index contributed by atoms with van der Waals surface area (Å²) < 4.78 is 78.8. The van der Waals surface area contributed by atoms with Gasteiger partial charge in [0.15, 0.2) is 0 Å². The summed E-state index contributed by atoms with van der Waals surface area (Å²) in [6.45, 7) is 7.54. The predicted octanol–water partition coefficient (Wildman–Crippen LogP) is 6.45. The fourth-order valence-electron chi connectivity index (χ4n) is 3.17. The third kappa shape index (κ3) is 11.2. The Morgan fingerprint density at radius 1 is 0.652 bits per heavy atom. The molecule has 0 heterocycles. The summed E-state index contributed by atoms with van der Waals surface area (Å²) in [6, 6.07) is 1.42. The Bertz CT molecular complexity index is 315. The van der Waals surface area contributed by atoms with Gasteiger partial charge in [-0.05, 0) is 24.2 Å². The minimum atomic E-state index is -4.21. The van der Waals surface area contributed by atoms with Crippen molar-refractivity contribution >= 4 is 16.5 Å². The Hall–Kier alpha value is -0.0262. The van der Waals surface area contributed by atoms with Crippen molar-refractivity contribution < 1.29 is 26.3 Å². The van der Waals surface area contributed by atoms with Crippen molar-refractivity contribution in [3.8, 4) is 0 Å². The number of rotatable bonds is 10. The standard InChI is InChI=1S/C14H29F6NSi2/c1-5-9-22(3,11-7-13(15,16)17)21-23(4,10-6-2)12-8-14(18,19)20/h21H,5-12H2,1-4H3. The molecule has 0 aliphatic rings. The second-order valence-corrected chi connectivity index (χ2v) is 16.2. The molecule has 23 heavy (non-hydrogen) atoms. The topological polar surface area (TPSA) is 12.0 Å². The van der Waals surface area contributed by atoms with Crippen molar-refractivity contribution in [3.05, 3.63) is 0 Å². The van der Waals surface area contributed by atoms with E-state index in [4.69, 9.17) is 0 Å². The summed E-state index contributed by atoms with van der Waals surface area (Å²) in [5.74, 6) is 0. The molecule has 0 aliphatic heterocycles. The van der Waals surface area contributed by atoms with Crippen molar-refractivity contribution in [1.82, 2.24) is 4.65 Å². The summed E-state index contributed by atoms with van der Waals surface area (Å²) in [6.07, 6.45) is -8.61. The molecule has 140 valence electrons. The number of halogens is 6. The van der Waals surface area contributed by atoms with Crippen LogP contribution in [0.2, 0.25) is 37.3 Å². The summed E-state index contributed by atoms with van der Waals surface area (Å²) in [7, 11) is -4.81. The molecule has 0 bridgehead atoms. The average Bonchev–Trinajstić information content (AvgIpc) is 2.33. The van der Waals surface area contributed by atoms with E-state index in [0.717, 1.165) is 12.8 Å². The van der Waals surface area contributed by atoms with Crippen LogP contribution in [-0.2, 0) is 0 Å². The van der Waals surface area contributed by atoms with Crippen molar-refractivity contribution in [1.29, 1.82) is 0 Å². The maximum Gasteiger partial charge on any atom is 0.388 e. The van der Waals surface area contributed by atoms with Crippen LogP contribution in [0.15, 0.2) is 0 Å². The second kappa shape index (κ2) is 8.89. The lowest BCUT2D eigenvalue weighted by molar-refractivity contribution is -0.131. The van der Waals surface area contributed by atoms with Gasteiger partial charge in [-0.1, -0.05) is 39.8 Å². The normalized spacial score (nSPS) is 18.5. The quantitative estimate of drug-likeness (QED) is 0.339. The highest BCUT2D eigenvalue weighted by Gasteiger charge is 2.41.